The molecule has 35 nitrogen and oxygen atoms in total. The van der Waals surface area contributed by atoms with Crippen molar-refractivity contribution in [1.82, 2.24) is 50.7 Å². The maximum atomic E-state index is 12.2. The van der Waals surface area contributed by atoms with E-state index in [-0.39, 0.29) is 5.54 Å². The molecule has 141 heavy (non-hydrogen) atoms. The lowest BCUT2D eigenvalue weighted by molar-refractivity contribution is 0.0680. The first-order chi connectivity index (χ1) is 67.5. The molecule has 10 saturated heterocycles. The molecule has 10 fully saturated rings. The van der Waals surface area contributed by atoms with Crippen molar-refractivity contribution >= 4 is 58.3 Å². The third-order valence-corrected chi connectivity index (χ3v) is 30.9. The number of nitrogens with zero attached hydrogens (tertiary/aromatic N) is 7. The molecule has 0 aliphatic carbocycles. The molecule has 5 aromatic heterocycles. The van der Waals surface area contributed by atoms with E-state index in [9.17, 15) is 93.9 Å². The SMILES string of the molecule is CCc1c(-c2ccc(N3CC4(CCCN4)C3)cc2)[nH]c(=O)c(C(=O)O)c1O.CCc1c(-c2ccc(N3CC4(CCN(C)CC4)C3)cc2)[nH]c(=O)c(C(=O)O)c1O.CCc1c(-c2ccc(N3CC4(CCNCC4)C3)cc2)[nH]c(=O)c(C(=O)O)c1O.CCc1c(-c2ccc(N3CCC4(CCN(C)C4)C3)cc2)[nH]c(=O)c(C(=O)O)c1O.CCc1c(-c2ccc(N3CCC4(CCNC4)C3)cc2)[nH]c(=O)c(C(=O)O)c1O. The van der Waals surface area contributed by atoms with Crippen molar-refractivity contribution in [2.24, 2.45) is 21.7 Å². The van der Waals surface area contributed by atoms with E-state index in [0.717, 1.165) is 181 Å². The molecule has 5 spiro atoms. The van der Waals surface area contributed by atoms with Crippen LogP contribution in [0.5, 0.6) is 28.7 Å². The standard InChI is InChI=1S/2C22H27N3O4.2C21H25N3O4.C20H23N3O4/c1-3-16-18(23-20(27)17(19(16)26)21(28)29)14-4-6-15(7-5-14)25-11-9-22(13-25)8-10-24(2)12-22;1-3-16-18(23-20(27)17(19(16)26)21(28)29)14-4-6-15(7-5-14)25-12-22(13-25)8-10-24(2)11-9-22;1-2-15-17(23-19(26)16(18(15)25)20(27)28)13-3-5-14(6-4-13)24-10-8-21(12-24)7-9-22-11-21;1-2-15-17(23-19(26)16(18(15)25)20(27)28)13-3-5-14(6-4-13)24-11-21(12-24)7-9-22-10-8-21;1-2-14-16(22-18(25)15(17(14)24)19(26)27)12-4-6-13(7-5-12)23-10-20(11-23)8-3-9-21-20/h2*4-7H,3,8-13H2,1-2H3,(H,28,29)(H2,23,26,27);2*3-6,22H,2,7-12H2,1H3,(H,27,28)(H2,23,25,26);4-7,21H,2-3,8-11H2,1H3,(H,26,27)(H2,22,24,25). The molecule has 2 atom stereocenters. The van der Waals surface area contributed by atoms with E-state index in [0.29, 0.717) is 110 Å². The first-order valence-corrected chi connectivity index (χ1v) is 48.9. The van der Waals surface area contributed by atoms with Crippen molar-refractivity contribution < 1.29 is 75.0 Å². The Hall–Kier alpha value is -14.0. The minimum absolute atomic E-state index is 0.276. The minimum atomic E-state index is -1.43. The van der Waals surface area contributed by atoms with Gasteiger partial charge >= 0.3 is 29.8 Å². The number of aromatic carboxylic acids is 5. The number of aromatic nitrogens is 5. The Morgan fingerprint density at radius 3 is 0.794 bits per heavy atom. The van der Waals surface area contributed by atoms with Crippen molar-refractivity contribution in [3.05, 3.63) is 229 Å². The number of carboxylic acid groups (broad SMARTS) is 5. The summed E-state index contributed by atoms with van der Waals surface area (Å²) in [5.41, 5.74) is 8.90. The summed E-state index contributed by atoms with van der Waals surface area (Å²) in [5, 5.41) is 108. The van der Waals surface area contributed by atoms with Crippen LogP contribution in [0.4, 0.5) is 28.4 Å². The zero-order valence-corrected chi connectivity index (χ0v) is 80.8. The number of hydrogen-bond donors (Lipinski definition) is 18. The van der Waals surface area contributed by atoms with E-state index >= 15 is 0 Å². The fourth-order valence-electron chi connectivity index (χ4n) is 22.8. The number of anilines is 5. The summed E-state index contributed by atoms with van der Waals surface area (Å²) in [6.45, 7) is 29.6. The monoisotopic (exact) mass is 1930 g/mol. The maximum Gasteiger partial charge on any atom is 0.345 e. The fraction of sp³-hybridized carbons (Fsp3) is 0.434. The van der Waals surface area contributed by atoms with Crippen LogP contribution in [0, 0.1) is 21.7 Å². The van der Waals surface area contributed by atoms with Gasteiger partial charge in [-0.05, 0) is 245 Å². The van der Waals surface area contributed by atoms with Crippen LogP contribution >= 0.6 is 0 Å². The molecule has 10 aliphatic heterocycles. The minimum Gasteiger partial charge on any atom is -0.506 e. The van der Waals surface area contributed by atoms with Gasteiger partial charge in [0.2, 0.25) is 0 Å². The molecule has 2 unspecified atom stereocenters. The van der Waals surface area contributed by atoms with Gasteiger partial charge in [0.05, 0.1) is 34.0 Å². The molecule has 5 aromatic carbocycles. The van der Waals surface area contributed by atoms with Crippen LogP contribution in [0.1, 0.15) is 178 Å². The number of piperidine rings is 2. The van der Waals surface area contributed by atoms with Crippen molar-refractivity contribution in [1.29, 1.82) is 0 Å². The second-order valence-corrected chi connectivity index (χ2v) is 39.9. The number of H-pyrrole nitrogens is 5. The lowest BCUT2D eigenvalue weighted by Gasteiger charge is -2.54. The molecule has 20 rings (SSSR count). The Bertz CT molecular complexity index is 6680. The summed E-state index contributed by atoms with van der Waals surface area (Å²) in [5.74, 6) is -9.41. The molecule has 15 heterocycles. The Labute approximate surface area is 814 Å². The number of carboxylic acids is 5. The van der Waals surface area contributed by atoms with Crippen LogP contribution in [0.3, 0.4) is 0 Å². The predicted octanol–water partition coefficient (Wildman–Crippen LogP) is 11.4. The van der Waals surface area contributed by atoms with Crippen molar-refractivity contribution in [3.63, 3.8) is 0 Å². The van der Waals surface area contributed by atoms with Gasteiger partial charge in [0.1, 0.15) is 28.7 Å². The molecule has 10 aliphatic rings. The van der Waals surface area contributed by atoms with Crippen LogP contribution in [0.15, 0.2) is 145 Å². The molecule has 18 N–H and O–H groups in total. The summed E-state index contributed by atoms with van der Waals surface area (Å²) in [6.07, 6.45) is 14.3. The number of rotatable bonds is 20. The van der Waals surface area contributed by atoms with Gasteiger partial charge in [-0.1, -0.05) is 95.3 Å². The number of aromatic hydroxyl groups is 5. The predicted molar refractivity (Wildman–Crippen MR) is 541 cm³/mol. The first-order valence-electron chi connectivity index (χ1n) is 48.9. The quantitative estimate of drug-likeness (QED) is 0.0337. The van der Waals surface area contributed by atoms with Gasteiger partial charge in [-0.15, -0.1) is 0 Å². The van der Waals surface area contributed by atoms with E-state index < -0.39 is 114 Å². The number of carbonyl (C=O) groups is 5. The Morgan fingerprint density at radius 1 is 0.284 bits per heavy atom. The Kier molecular flexibility index (Phi) is 29.1. The molecule has 0 amide bonds. The average molecular weight is 1930 g/mol. The third-order valence-electron chi connectivity index (χ3n) is 30.9. The van der Waals surface area contributed by atoms with Crippen LogP contribution in [-0.2, 0) is 32.1 Å². The summed E-state index contributed by atoms with van der Waals surface area (Å²) in [6, 6.07) is 39.3. The number of aromatic amines is 5. The van der Waals surface area contributed by atoms with E-state index in [2.05, 4.69) is 89.3 Å². The number of pyridine rings is 5. The van der Waals surface area contributed by atoms with Crippen molar-refractivity contribution in [3.8, 4) is 85.0 Å². The highest BCUT2D eigenvalue weighted by Crippen LogP contribution is 2.48. The third kappa shape index (κ3) is 20.3. The van der Waals surface area contributed by atoms with E-state index in [1.807, 2.05) is 156 Å². The summed E-state index contributed by atoms with van der Waals surface area (Å²) < 4.78 is 0. The summed E-state index contributed by atoms with van der Waals surface area (Å²) >= 11 is 0. The van der Waals surface area contributed by atoms with E-state index in [4.69, 9.17) is 5.11 Å². The number of hydrogen-bond acceptors (Lipinski definition) is 25. The van der Waals surface area contributed by atoms with Crippen LogP contribution in [0.25, 0.3) is 56.3 Å². The molecular weight excluding hydrogens is 1800 g/mol. The van der Waals surface area contributed by atoms with Gasteiger partial charge in [0.25, 0.3) is 27.8 Å². The molecular formula is C106H127N15O20. The van der Waals surface area contributed by atoms with E-state index in [1.165, 1.54) is 64.2 Å². The molecule has 35 heteroatoms. The van der Waals surface area contributed by atoms with Crippen LogP contribution in [0.2, 0.25) is 0 Å². The zero-order valence-electron chi connectivity index (χ0n) is 80.8. The van der Waals surface area contributed by atoms with Gasteiger partial charge < -0.3 is 126 Å². The topological polar surface area (TPSA) is 511 Å². The molecule has 746 valence electrons. The normalized spacial score (nSPS) is 19.6. The fourth-order valence-corrected chi connectivity index (χ4v) is 22.8. The van der Waals surface area contributed by atoms with Gasteiger partial charge in [-0.25, -0.2) is 24.0 Å². The number of benzene rings is 5. The highest BCUT2D eigenvalue weighted by molar-refractivity contribution is 5.95. The summed E-state index contributed by atoms with van der Waals surface area (Å²) in [4.78, 5) is 147. The highest BCUT2D eigenvalue weighted by atomic mass is 16.4. The lowest BCUT2D eigenvalue weighted by atomic mass is 9.72. The maximum absolute atomic E-state index is 12.2. The largest absolute Gasteiger partial charge is 0.506 e. The zero-order chi connectivity index (χ0) is 100. The molecule has 0 saturated carbocycles. The van der Waals surface area contributed by atoms with Gasteiger partial charge in [-0.2, -0.15) is 0 Å². The molecule has 10 aromatic rings. The highest BCUT2D eigenvalue weighted by Gasteiger charge is 2.49. The van der Waals surface area contributed by atoms with Gasteiger partial charge in [0, 0.05) is 156 Å². The average Bonchev–Trinajstić information content (AvgIpc) is 1.64. The molecule has 0 radical (unpaired) electrons. The van der Waals surface area contributed by atoms with E-state index in [1.54, 1.807) is 0 Å². The number of nitrogens with one attached hydrogen (secondary N) is 8. The Balaban J connectivity index is 0.000000127. The Morgan fingerprint density at radius 2 is 0.525 bits per heavy atom. The van der Waals surface area contributed by atoms with Crippen molar-refractivity contribution in [2.45, 2.75) is 136 Å². The van der Waals surface area contributed by atoms with Crippen LogP contribution in [-0.4, -0.2) is 260 Å². The summed E-state index contributed by atoms with van der Waals surface area (Å²) in [7, 11) is 4.36. The molecule has 0 bridgehead atoms. The van der Waals surface area contributed by atoms with Gasteiger partial charge in [-0.3, -0.25) is 24.0 Å². The second-order valence-electron chi connectivity index (χ2n) is 39.9. The number of likely N-dealkylation sites (tertiary alicyclic amines) is 2. The van der Waals surface area contributed by atoms with Crippen LogP contribution < -0.4 is 68.2 Å². The smallest absolute Gasteiger partial charge is 0.345 e. The van der Waals surface area contributed by atoms with Crippen molar-refractivity contribution in [2.75, 3.05) is 163 Å². The second kappa shape index (κ2) is 41.0. The lowest BCUT2D eigenvalue weighted by Crippen LogP contribution is -2.66. The first kappa shape index (κ1) is 100.0. The van der Waals surface area contributed by atoms with Gasteiger partial charge in [0.15, 0.2) is 27.8 Å².